The van der Waals surface area contributed by atoms with E-state index in [9.17, 15) is 9.59 Å². The number of rotatable bonds is 5. The Hall–Kier alpha value is -1.06. The van der Waals surface area contributed by atoms with Crippen LogP contribution in [-0.2, 0) is 9.59 Å². The van der Waals surface area contributed by atoms with E-state index in [2.05, 4.69) is 0 Å². The van der Waals surface area contributed by atoms with Crippen LogP contribution < -0.4 is 0 Å². The smallest absolute Gasteiger partial charge is 0.323 e. The van der Waals surface area contributed by atoms with Gasteiger partial charge in [0.25, 0.3) is 0 Å². The fraction of sp³-hybridized carbons (Fsp3) is 0.778. The first-order chi connectivity index (χ1) is 6.02. The molecule has 0 aromatic rings. The van der Waals surface area contributed by atoms with Crippen molar-refractivity contribution >= 4 is 11.9 Å². The molecule has 1 atom stereocenters. The molecule has 0 heterocycles. The van der Waals surface area contributed by atoms with Gasteiger partial charge in [0, 0.05) is 12.5 Å². The van der Waals surface area contributed by atoms with Crippen molar-refractivity contribution in [2.75, 3.05) is 13.1 Å². The molecule has 1 amide bonds. The minimum Gasteiger partial charge on any atom is -0.480 e. The third-order valence-corrected chi connectivity index (χ3v) is 2.05. The monoisotopic (exact) mass is 187 g/mol. The molecule has 0 saturated carbocycles. The summed E-state index contributed by atoms with van der Waals surface area (Å²) < 4.78 is 0. The highest BCUT2D eigenvalue weighted by Gasteiger charge is 2.19. The predicted molar refractivity (Wildman–Crippen MR) is 49.3 cm³/mol. The number of carboxylic acids is 1. The van der Waals surface area contributed by atoms with E-state index < -0.39 is 5.97 Å². The molecule has 0 bridgehead atoms. The molecular weight excluding hydrogens is 170 g/mol. The van der Waals surface area contributed by atoms with E-state index in [0.29, 0.717) is 6.54 Å². The van der Waals surface area contributed by atoms with Gasteiger partial charge in [-0.3, -0.25) is 9.59 Å². The molecule has 0 aliphatic heterocycles. The number of amides is 1. The molecule has 0 spiro atoms. The highest BCUT2D eigenvalue weighted by atomic mass is 16.4. The second-order valence-corrected chi connectivity index (χ2v) is 3.06. The Labute approximate surface area is 78.5 Å². The van der Waals surface area contributed by atoms with E-state index >= 15 is 0 Å². The van der Waals surface area contributed by atoms with Crippen molar-refractivity contribution in [2.24, 2.45) is 5.92 Å². The van der Waals surface area contributed by atoms with Crippen molar-refractivity contribution in [3.63, 3.8) is 0 Å². The van der Waals surface area contributed by atoms with Crippen LogP contribution in [0, 0.1) is 5.92 Å². The topological polar surface area (TPSA) is 57.6 Å². The van der Waals surface area contributed by atoms with Crippen molar-refractivity contribution < 1.29 is 14.7 Å². The maximum Gasteiger partial charge on any atom is 0.323 e. The van der Waals surface area contributed by atoms with Crippen LogP contribution in [0.15, 0.2) is 0 Å². The summed E-state index contributed by atoms with van der Waals surface area (Å²) in [6.45, 7) is 5.77. The maximum absolute atomic E-state index is 11.5. The quantitative estimate of drug-likeness (QED) is 0.697. The highest BCUT2D eigenvalue weighted by molar-refractivity contribution is 5.82. The summed E-state index contributed by atoms with van der Waals surface area (Å²) in [5, 5.41) is 8.52. The van der Waals surface area contributed by atoms with E-state index in [0.717, 1.165) is 6.42 Å². The summed E-state index contributed by atoms with van der Waals surface area (Å²) >= 11 is 0. The Bertz CT molecular complexity index is 191. The maximum atomic E-state index is 11.5. The van der Waals surface area contributed by atoms with Crippen LogP contribution in [0.5, 0.6) is 0 Å². The molecule has 0 rings (SSSR count). The van der Waals surface area contributed by atoms with Gasteiger partial charge >= 0.3 is 5.97 Å². The van der Waals surface area contributed by atoms with Crippen molar-refractivity contribution in [3.8, 4) is 0 Å². The number of hydrogen-bond acceptors (Lipinski definition) is 2. The van der Waals surface area contributed by atoms with Crippen LogP contribution in [-0.4, -0.2) is 35.0 Å². The summed E-state index contributed by atoms with van der Waals surface area (Å²) in [5.41, 5.74) is 0. The second kappa shape index (κ2) is 5.56. The molecular formula is C9H17NO3. The molecule has 0 radical (unpaired) electrons. The first-order valence-corrected chi connectivity index (χ1v) is 4.53. The van der Waals surface area contributed by atoms with E-state index in [-0.39, 0.29) is 18.4 Å². The Morgan fingerprint density at radius 3 is 2.23 bits per heavy atom. The zero-order valence-electron chi connectivity index (χ0n) is 8.41. The minimum atomic E-state index is -0.960. The van der Waals surface area contributed by atoms with Crippen LogP contribution >= 0.6 is 0 Å². The summed E-state index contributed by atoms with van der Waals surface area (Å²) in [7, 11) is 0. The van der Waals surface area contributed by atoms with Crippen LogP contribution in [0.1, 0.15) is 27.2 Å². The fourth-order valence-corrected chi connectivity index (χ4v) is 0.995. The van der Waals surface area contributed by atoms with Gasteiger partial charge in [0.1, 0.15) is 6.54 Å². The largest absolute Gasteiger partial charge is 0.480 e. The second-order valence-electron chi connectivity index (χ2n) is 3.06. The molecule has 0 aliphatic carbocycles. The van der Waals surface area contributed by atoms with Gasteiger partial charge in [0.05, 0.1) is 0 Å². The normalized spacial score (nSPS) is 12.2. The molecule has 0 aromatic heterocycles. The van der Waals surface area contributed by atoms with Crippen LogP contribution in [0.4, 0.5) is 0 Å². The van der Waals surface area contributed by atoms with Gasteiger partial charge in [-0.15, -0.1) is 0 Å². The number of aliphatic carboxylic acids is 1. The number of carboxylic acid groups (broad SMARTS) is 1. The lowest BCUT2D eigenvalue weighted by Crippen LogP contribution is -2.38. The van der Waals surface area contributed by atoms with Crippen molar-refractivity contribution in [3.05, 3.63) is 0 Å². The summed E-state index contributed by atoms with van der Waals surface area (Å²) in [6.07, 6.45) is 0.745. The first-order valence-electron chi connectivity index (χ1n) is 4.53. The molecule has 0 saturated heterocycles. The van der Waals surface area contributed by atoms with Crippen molar-refractivity contribution in [2.45, 2.75) is 27.2 Å². The lowest BCUT2D eigenvalue weighted by atomic mass is 10.1. The van der Waals surface area contributed by atoms with Gasteiger partial charge in [-0.2, -0.15) is 0 Å². The predicted octanol–water partition coefficient (Wildman–Crippen LogP) is 0.966. The minimum absolute atomic E-state index is 0.0765. The average Bonchev–Trinajstić information content (AvgIpc) is 2.11. The average molecular weight is 187 g/mol. The number of likely N-dealkylation sites (N-methyl/N-ethyl adjacent to an activating group) is 1. The lowest BCUT2D eigenvalue weighted by Gasteiger charge is -2.21. The molecule has 4 heteroatoms. The molecule has 76 valence electrons. The summed E-state index contributed by atoms with van der Waals surface area (Å²) in [6, 6.07) is 0. The Kier molecular flexibility index (Phi) is 5.11. The molecule has 0 aromatic carbocycles. The zero-order valence-corrected chi connectivity index (χ0v) is 8.41. The van der Waals surface area contributed by atoms with E-state index in [1.807, 2.05) is 13.8 Å². The van der Waals surface area contributed by atoms with Gasteiger partial charge in [0.2, 0.25) is 5.91 Å². The number of carbonyl (C=O) groups is 2. The third kappa shape index (κ3) is 3.92. The van der Waals surface area contributed by atoms with Crippen molar-refractivity contribution in [1.82, 2.24) is 4.90 Å². The number of carbonyl (C=O) groups excluding carboxylic acids is 1. The molecule has 1 unspecified atom stereocenters. The van der Waals surface area contributed by atoms with E-state index in [4.69, 9.17) is 5.11 Å². The van der Waals surface area contributed by atoms with E-state index in [1.54, 1.807) is 6.92 Å². The number of nitrogens with zero attached hydrogens (tertiary/aromatic N) is 1. The standard InChI is InChI=1S/C9H17NO3/c1-4-7(3)9(13)10(5-2)6-8(11)12/h7H,4-6H2,1-3H3,(H,11,12). The molecule has 1 N–H and O–H groups in total. The molecule has 0 fully saturated rings. The van der Waals surface area contributed by atoms with Crippen LogP contribution in [0.2, 0.25) is 0 Å². The Morgan fingerprint density at radius 2 is 1.92 bits per heavy atom. The van der Waals surface area contributed by atoms with Gasteiger partial charge in [-0.1, -0.05) is 13.8 Å². The first kappa shape index (κ1) is 11.9. The fourth-order valence-electron chi connectivity index (χ4n) is 0.995. The highest BCUT2D eigenvalue weighted by Crippen LogP contribution is 2.05. The lowest BCUT2D eigenvalue weighted by molar-refractivity contribution is -0.145. The molecule has 13 heavy (non-hydrogen) atoms. The van der Waals surface area contributed by atoms with Crippen LogP contribution in [0.3, 0.4) is 0 Å². The van der Waals surface area contributed by atoms with Crippen molar-refractivity contribution in [1.29, 1.82) is 0 Å². The van der Waals surface area contributed by atoms with Gasteiger partial charge in [-0.25, -0.2) is 0 Å². The van der Waals surface area contributed by atoms with E-state index in [1.165, 1.54) is 4.90 Å². The third-order valence-electron chi connectivity index (χ3n) is 2.05. The Balaban J connectivity index is 4.22. The number of hydrogen-bond donors (Lipinski definition) is 1. The van der Waals surface area contributed by atoms with Crippen LogP contribution in [0.25, 0.3) is 0 Å². The van der Waals surface area contributed by atoms with Gasteiger partial charge < -0.3 is 10.0 Å². The summed E-state index contributed by atoms with van der Waals surface area (Å²) in [4.78, 5) is 23.3. The zero-order chi connectivity index (χ0) is 10.4. The van der Waals surface area contributed by atoms with Gasteiger partial charge in [-0.05, 0) is 13.3 Å². The molecule has 4 nitrogen and oxygen atoms in total. The Morgan fingerprint density at radius 1 is 1.38 bits per heavy atom. The van der Waals surface area contributed by atoms with Gasteiger partial charge in [0.15, 0.2) is 0 Å². The summed E-state index contributed by atoms with van der Waals surface area (Å²) in [5.74, 6) is -1.12. The SMILES string of the molecule is CCC(C)C(=O)N(CC)CC(=O)O. The molecule has 0 aliphatic rings.